The molecule has 4 heteroatoms. The standard InChI is InChI=1S/C9H11BrO2S/c1-9-6(2-3-12-9)4-7(10)5-8(9)13-11/h4-6,11H,2-3H2,1H3. The average Bonchev–Trinajstić information content (AvgIpc) is 2.46. The smallest absolute Gasteiger partial charge is 0.105 e. The van der Waals surface area contributed by atoms with E-state index in [-0.39, 0.29) is 5.60 Å². The summed E-state index contributed by atoms with van der Waals surface area (Å²) in [5.74, 6) is 0.390. The summed E-state index contributed by atoms with van der Waals surface area (Å²) < 4.78 is 15.9. The van der Waals surface area contributed by atoms with E-state index in [0.29, 0.717) is 5.92 Å². The van der Waals surface area contributed by atoms with Gasteiger partial charge >= 0.3 is 0 Å². The zero-order valence-corrected chi connectivity index (χ0v) is 9.69. The number of rotatable bonds is 1. The molecule has 0 bridgehead atoms. The Hall–Kier alpha value is 0.230. The molecule has 1 N–H and O–H groups in total. The molecule has 2 rings (SSSR count). The highest BCUT2D eigenvalue weighted by atomic mass is 79.9. The zero-order chi connectivity index (χ0) is 9.47. The summed E-state index contributed by atoms with van der Waals surface area (Å²) in [5.41, 5.74) is -0.295. The number of hydrogen-bond donors (Lipinski definition) is 1. The summed E-state index contributed by atoms with van der Waals surface area (Å²) in [6.45, 7) is 2.81. The van der Waals surface area contributed by atoms with Crippen LogP contribution in [0.15, 0.2) is 21.5 Å². The third-order valence-corrected chi connectivity index (χ3v) is 3.97. The van der Waals surface area contributed by atoms with Gasteiger partial charge in [-0.3, -0.25) is 0 Å². The Morgan fingerprint density at radius 1 is 1.77 bits per heavy atom. The lowest BCUT2D eigenvalue weighted by molar-refractivity contribution is 0.0420. The molecule has 2 aliphatic rings. The van der Waals surface area contributed by atoms with Crippen molar-refractivity contribution in [1.82, 2.24) is 0 Å². The number of allylic oxidation sites excluding steroid dienone is 2. The molecule has 0 saturated carbocycles. The molecule has 0 spiro atoms. The normalized spacial score (nSPS) is 38.2. The number of hydrogen-bond acceptors (Lipinski definition) is 3. The summed E-state index contributed by atoms with van der Waals surface area (Å²) in [4.78, 5) is 0.893. The topological polar surface area (TPSA) is 29.5 Å². The van der Waals surface area contributed by atoms with E-state index >= 15 is 0 Å². The van der Waals surface area contributed by atoms with Crippen LogP contribution in [-0.4, -0.2) is 16.8 Å². The van der Waals surface area contributed by atoms with Gasteiger partial charge in [-0.15, -0.1) is 0 Å². The minimum absolute atomic E-state index is 0.295. The van der Waals surface area contributed by atoms with Crippen molar-refractivity contribution in [3.63, 3.8) is 0 Å². The van der Waals surface area contributed by atoms with Crippen molar-refractivity contribution in [1.29, 1.82) is 0 Å². The van der Waals surface area contributed by atoms with Gasteiger partial charge in [0.15, 0.2) is 0 Å². The highest BCUT2D eigenvalue weighted by Gasteiger charge is 2.44. The molecule has 0 radical (unpaired) electrons. The largest absolute Gasteiger partial charge is 0.369 e. The Morgan fingerprint density at radius 2 is 2.54 bits per heavy atom. The maximum atomic E-state index is 9.14. The first-order valence-corrected chi connectivity index (χ1v) is 5.78. The third-order valence-electron chi connectivity index (χ3n) is 2.76. The van der Waals surface area contributed by atoms with Crippen molar-refractivity contribution in [3.8, 4) is 0 Å². The molecule has 2 unspecified atom stereocenters. The average molecular weight is 263 g/mol. The summed E-state index contributed by atoms with van der Waals surface area (Å²) in [5, 5.41) is 0. The maximum absolute atomic E-state index is 9.14. The van der Waals surface area contributed by atoms with E-state index in [1.165, 1.54) is 0 Å². The van der Waals surface area contributed by atoms with Crippen molar-refractivity contribution in [3.05, 3.63) is 21.5 Å². The molecular weight excluding hydrogens is 252 g/mol. The number of fused-ring (bicyclic) bond motifs is 1. The summed E-state index contributed by atoms with van der Waals surface area (Å²) in [7, 11) is 0. The van der Waals surface area contributed by atoms with Crippen molar-refractivity contribution < 1.29 is 9.29 Å². The fraction of sp³-hybridized carbons (Fsp3) is 0.556. The molecular formula is C9H11BrO2S. The minimum Gasteiger partial charge on any atom is -0.369 e. The van der Waals surface area contributed by atoms with E-state index < -0.39 is 0 Å². The van der Waals surface area contributed by atoms with Gasteiger partial charge in [-0.25, -0.2) is 0 Å². The molecule has 1 fully saturated rings. The van der Waals surface area contributed by atoms with Gasteiger partial charge in [0.2, 0.25) is 0 Å². The SMILES string of the molecule is CC12OCCC1C=C(Br)C=C2SO. The lowest BCUT2D eigenvalue weighted by Crippen LogP contribution is -2.33. The van der Waals surface area contributed by atoms with Crippen molar-refractivity contribution in [2.45, 2.75) is 18.9 Å². The second kappa shape index (κ2) is 3.42. The second-order valence-corrected chi connectivity index (χ2v) is 5.04. The first kappa shape index (κ1) is 9.77. The lowest BCUT2D eigenvalue weighted by Gasteiger charge is -2.32. The predicted molar refractivity (Wildman–Crippen MR) is 57.8 cm³/mol. The van der Waals surface area contributed by atoms with Gasteiger partial charge in [0.25, 0.3) is 0 Å². The lowest BCUT2D eigenvalue weighted by atomic mass is 9.85. The van der Waals surface area contributed by atoms with Crippen LogP contribution in [-0.2, 0) is 4.74 Å². The molecule has 72 valence electrons. The first-order valence-electron chi connectivity index (χ1n) is 4.21. The van der Waals surface area contributed by atoms with Crippen molar-refractivity contribution >= 4 is 28.0 Å². The van der Waals surface area contributed by atoms with Crippen LogP contribution in [0.1, 0.15) is 13.3 Å². The molecule has 0 aromatic heterocycles. The van der Waals surface area contributed by atoms with Gasteiger partial charge in [0.05, 0.1) is 0 Å². The first-order chi connectivity index (χ1) is 6.16. The molecule has 2 nitrogen and oxygen atoms in total. The van der Waals surface area contributed by atoms with Gasteiger partial charge < -0.3 is 9.29 Å². The van der Waals surface area contributed by atoms with Gasteiger partial charge in [0.1, 0.15) is 5.60 Å². The van der Waals surface area contributed by atoms with Crippen LogP contribution in [0.2, 0.25) is 0 Å². The van der Waals surface area contributed by atoms with E-state index in [2.05, 4.69) is 22.0 Å². The van der Waals surface area contributed by atoms with Crippen molar-refractivity contribution in [2.75, 3.05) is 6.61 Å². The fourth-order valence-corrected chi connectivity index (χ4v) is 3.17. The summed E-state index contributed by atoms with van der Waals surface area (Å²) in [6, 6.07) is 0. The van der Waals surface area contributed by atoms with E-state index in [4.69, 9.17) is 9.29 Å². The van der Waals surface area contributed by atoms with Crippen LogP contribution >= 0.6 is 28.0 Å². The summed E-state index contributed by atoms with van der Waals surface area (Å²) in [6.07, 6.45) is 5.11. The van der Waals surface area contributed by atoms with Crippen LogP contribution in [0.5, 0.6) is 0 Å². The molecule has 2 atom stereocenters. The van der Waals surface area contributed by atoms with Crippen LogP contribution in [0.25, 0.3) is 0 Å². The molecule has 1 aliphatic heterocycles. The second-order valence-electron chi connectivity index (χ2n) is 3.50. The van der Waals surface area contributed by atoms with E-state index in [0.717, 1.165) is 34.5 Å². The molecule has 0 aromatic carbocycles. The Labute approximate surface area is 90.4 Å². The Bertz CT molecular complexity index is 287. The van der Waals surface area contributed by atoms with E-state index in [9.17, 15) is 0 Å². The Kier molecular flexibility index (Phi) is 2.57. The van der Waals surface area contributed by atoms with Crippen LogP contribution < -0.4 is 0 Å². The van der Waals surface area contributed by atoms with Crippen LogP contribution in [0, 0.1) is 5.92 Å². The van der Waals surface area contributed by atoms with Gasteiger partial charge in [-0.05, 0) is 19.4 Å². The monoisotopic (exact) mass is 262 g/mol. The molecule has 0 amide bonds. The maximum Gasteiger partial charge on any atom is 0.105 e. The van der Waals surface area contributed by atoms with E-state index in [1.54, 1.807) is 0 Å². The van der Waals surface area contributed by atoms with Gasteiger partial charge in [0, 0.05) is 34.0 Å². The summed E-state index contributed by atoms with van der Waals surface area (Å²) >= 11 is 4.22. The quantitative estimate of drug-likeness (QED) is 0.737. The highest BCUT2D eigenvalue weighted by molar-refractivity contribution is 9.11. The van der Waals surface area contributed by atoms with Crippen molar-refractivity contribution in [2.24, 2.45) is 5.92 Å². The third kappa shape index (κ3) is 1.50. The molecule has 1 saturated heterocycles. The van der Waals surface area contributed by atoms with Crippen LogP contribution in [0.4, 0.5) is 0 Å². The molecule has 1 aliphatic carbocycles. The number of halogens is 1. The Morgan fingerprint density at radius 3 is 3.23 bits per heavy atom. The van der Waals surface area contributed by atoms with Gasteiger partial charge in [-0.1, -0.05) is 22.0 Å². The minimum atomic E-state index is -0.295. The molecule has 13 heavy (non-hydrogen) atoms. The predicted octanol–water partition coefficient (Wildman–Crippen LogP) is 3.16. The Balaban J connectivity index is 2.38. The zero-order valence-electron chi connectivity index (χ0n) is 7.29. The molecule has 1 heterocycles. The van der Waals surface area contributed by atoms with E-state index in [1.807, 2.05) is 13.0 Å². The number of ether oxygens (including phenoxy) is 1. The highest BCUT2D eigenvalue weighted by Crippen LogP contribution is 2.46. The molecule has 0 aromatic rings. The fourth-order valence-electron chi connectivity index (χ4n) is 1.90. The van der Waals surface area contributed by atoms with Crippen LogP contribution in [0.3, 0.4) is 0 Å². The van der Waals surface area contributed by atoms with Gasteiger partial charge in [-0.2, -0.15) is 0 Å².